The van der Waals surface area contributed by atoms with E-state index in [0.29, 0.717) is 22.1 Å². The van der Waals surface area contributed by atoms with Crippen molar-refractivity contribution in [2.75, 3.05) is 4.90 Å². The molecule has 0 bridgehead atoms. The van der Waals surface area contributed by atoms with E-state index in [-0.39, 0.29) is 17.0 Å². The van der Waals surface area contributed by atoms with Gasteiger partial charge in [-0.2, -0.15) is 0 Å². The number of halogens is 2. The summed E-state index contributed by atoms with van der Waals surface area (Å²) in [7, 11) is 0. The van der Waals surface area contributed by atoms with E-state index < -0.39 is 11.7 Å². The third-order valence-electron chi connectivity index (χ3n) is 4.28. The molecule has 1 aliphatic heterocycles. The largest absolute Gasteiger partial charge is 0.508 e. The van der Waals surface area contributed by atoms with Gasteiger partial charge < -0.3 is 5.11 Å². The Balaban J connectivity index is 1.87. The number of benzene rings is 3. The van der Waals surface area contributed by atoms with Crippen LogP contribution >= 0.6 is 11.6 Å². The van der Waals surface area contributed by atoms with Gasteiger partial charge in [-0.15, -0.1) is 0 Å². The Kier molecular flexibility index (Phi) is 4.67. The molecule has 4 nitrogen and oxygen atoms in total. The molecule has 0 aliphatic carbocycles. The van der Waals surface area contributed by atoms with Crippen LogP contribution in [0.15, 0.2) is 83.5 Å². The molecule has 0 unspecified atom stereocenters. The van der Waals surface area contributed by atoms with Crippen LogP contribution in [0, 0.1) is 5.82 Å². The molecular formula is C22H14ClFN2O2. The van der Waals surface area contributed by atoms with Crippen molar-refractivity contribution in [1.29, 1.82) is 0 Å². The van der Waals surface area contributed by atoms with Gasteiger partial charge in [-0.25, -0.2) is 9.38 Å². The van der Waals surface area contributed by atoms with Crippen molar-refractivity contribution in [3.8, 4) is 5.75 Å². The third-order valence-corrected chi connectivity index (χ3v) is 4.61. The molecule has 1 heterocycles. The second kappa shape index (κ2) is 7.29. The van der Waals surface area contributed by atoms with E-state index in [9.17, 15) is 14.3 Å². The lowest BCUT2D eigenvalue weighted by molar-refractivity contribution is -0.113. The molecule has 0 saturated heterocycles. The predicted molar refractivity (Wildman–Crippen MR) is 108 cm³/mol. The summed E-state index contributed by atoms with van der Waals surface area (Å²) in [6.07, 6.45) is 1.41. The number of rotatable bonds is 3. The maximum absolute atomic E-state index is 14.1. The molecule has 138 valence electrons. The van der Waals surface area contributed by atoms with Gasteiger partial charge in [-0.1, -0.05) is 41.9 Å². The van der Waals surface area contributed by atoms with Gasteiger partial charge in [0.2, 0.25) is 0 Å². The number of anilines is 1. The molecule has 0 fully saturated rings. The fourth-order valence-electron chi connectivity index (χ4n) is 2.92. The first-order valence-electron chi connectivity index (χ1n) is 8.48. The number of hydrogen-bond acceptors (Lipinski definition) is 3. The molecule has 28 heavy (non-hydrogen) atoms. The summed E-state index contributed by atoms with van der Waals surface area (Å²) in [5.74, 6) is -0.443. The van der Waals surface area contributed by atoms with Crippen LogP contribution in [0.1, 0.15) is 11.1 Å². The van der Waals surface area contributed by atoms with Crippen molar-refractivity contribution < 1.29 is 14.3 Å². The number of nitrogens with zero attached hydrogens (tertiary/aromatic N) is 2. The zero-order valence-electron chi connectivity index (χ0n) is 14.5. The molecule has 0 saturated carbocycles. The number of phenolic OH excluding ortho intramolecular Hbond substituents is 1. The first kappa shape index (κ1) is 17.9. The van der Waals surface area contributed by atoms with Crippen molar-refractivity contribution in [1.82, 2.24) is 0 Å². The molecule has 3 aromatic carbocycles. The van der Waals surface area contributed by atoms with E-state index in [0.717, 1.165) is 0 Å². The van der Waals surface area contributed by atoms with E-state index in [1.807, 2.05) is 0 Å². The average Bonchev–Trinajstić information content (AvgIpc) is 3.01. The van der Waals surface area contributed by atoms with Gasteiger partial charge in [0.1, 0.15) is 23.1 Å². The Bertz CT molecular complexity index is 1120. The van der Waals surface area contributed by atoms with Crippen molar-refractivity contribution in [2.45, 2.75) is 0 Å². The highest BCUT2D eigenvalue weighted by Gasteiger charge is 2.33. The molecule has 4 rings (SSSR count). The fourth-order valence-corrected chi connectivity index (χ4v) is 3.14. The normalized spacial score (nSPS) is 15.2. The smallest absolute Gasteiger partial charge is 0.282 e. The van der Waals surface area contributed by atoms with Gasteiger partial charge in [0.15, 0.2) is 0 Å². The van der Waals surface area contributed by atoms with Crippen molar-refractivity contribution in [2.24, 2.45) is 4.99 Å². The summed E-state index contributed by atoms with van der Waals surface area (Å²) < 4.78 is 14.1. The lowest BCUT2D eigenvalue weighted by Gasteiger charge is -2.19. The molecule has 6 heteroatoms. The quantitative estimate of drug-likeness (QED) is 0.636. The Morgan fingerprint density at radius 3 is 2.36 bits per heavy atom. The van der Waals surface area contributed by atoms with Gasteiger partial charge in [0.05, 0.1) is 10.7 Å². The lowest BCUT2D eigenvalue weighted by atomic mass is 10.1. The summed E-state index contributed by atoms with van der Waals surface area (Å²) in [5.41, 5.74) is 1.44. The van der Waals surface area contributed by atoms with Crippen molar-refractivity contribution in [3.63, 3.8) is 0 Å². The second-order valence-corrected chi connectivity index (χ2v) is 6.53. The molecule has 1 amide bonds. The molecule has 1 N–H and O–H groups in total. The van der Waals surface area contributed by atoms with Crippen LogP contribution in [0.3, 0.4) is 0 Å². The first-order valence-corrected chi connectivity index (χ1v) is 8.86. The number of aromatic hydroxyl groups is 1. The highest BCUT2D eigenvalue weighted by molar-refractivity contribution is 6.39. The number of aliphatic imine (C=N–C) groups is 1. The molecule has 0 spiro atoms. The molecular weight excluding hydrogens is 379 g/mol. The zero-order valence-corrected chi connectivity index (χ0v) is 15.3. The minimum atomic E-state index is -0.444. The topological polar surface area (TPSA) is 52.9 Å². The number of carbonyl (C=O) groups is 1. The molecule has 3 aromatic rings. The maximum Gasteiger partial charge on any atom is 0.282 e. The van der Waals surface area contributed by atoms with Gasteiger partial charge in [0.25, 0.3) is 5.91 Å². The summed E-state index contributed by atoms with van der Waals surface area (Å²) in [4.78, 5) is 19.0. The zero-order chi connectivity index (χ0) is 19.7. The Hall–Kier alpha value is -3.44. The highest BCUT2D eigenvalue weighted by Crippen LogP contribution is 2.31. The highest BCUT2D eigenvalue weighted by atomic mass is 35.5. The van der Waals surface area contributed by atoms with Crippen LogP contribution in [0.25, 0.3) is 6.08 Å². The Morgan fingerprint density at radius 2 is 1.64 bits per heavy atom. The van der Waals surface area contributed by atoms with Crippen LogP contribution in [-0.4, -0.2) is 16.8 Å². The minimum absolute atomic E-state index is 0.0775. The number of phenols is 1. The SMILES string of the molecule is O=C1/C(=C\c2ccccc2F)N=C(c2ccccc2Cl)N1c1ccc(O)cc1. The van der Waals surface area contributed by atoms with Gasteiger partial charge in [-0.05, 0) is 48.5 Å². The van der Waals surface area contributed by atoms with Crippen LogP contribution in [0.5, 0.6) is 5.75 Å². The third kappa shape index (κ3) is 3.28. The fraction of sp³-hybridized carbons (Fsp3) is 0. The number of carbonyl (C=O) groups excluding carboxylic acids is 1. The monoisotopic (exact) mass is 392 g/mol. The average molecular weight is 393 g/mol. The van der Waals surface area contributed by atoms with Crippen LogP contribution in [-0.2, 0) is 4.79 Å². The first-order chi connectivity index (χ1) is 13.5. The van der Waals surface area contributed by atoms with Crippen LogP contribution in [0.2, 0.25) is 5.02 Å². The van der Waals surface area contributed by atoms with Gasteiger partial charge >= 0.3 is 0 Å². The van der Waals surface area contributed by atoms with E-state index in [1.165, 1.54) is 29.2 Å². The summed E-state index contributed by atoms with van der Waals surface area (Å²) in [6.45, 7) is 0. The lowest BCUT2D eigenvalue weighted by Crippen LogP contribution is -2.32. The standard InChI is InChI=1S/C22H14ClFN2O2/c23-18-7-3-2-6-17(18)21-25-20(13-14-5-1-4-8-19(14)24)22(28)26(21)15-9-11-16(27)12-10-15/h1-13,27H/b20-13+. The predicted octanol–water partition coefficient (Wildman–Crippen LogP) is 5.02. The summed E-state index contributed by atoms with van der Waals surface area (Å²) >= 11 is 6.32. The molecule has 0 aromatic heterocycles. The van der Waals surface area contributed by atoms with E-state index in [2.05, 4.69) is 4.99 Å². The number of amides is 1. The maximum atomic E-state index is 14.1. The molecule has 0 radical (unpaired) electrons. The minimum Gasteiger partial charge on any atom is -0.508 e. The van der Waals surface area contributed by atoms with Crippen molar-refractivity contribution >= 4 is 35.1 Å². The Morgan fingerprint density at radius 1 is 0.964 bits per heavy atom. The summed E-state index contributed by atoms with van der Waals surface area (Å²) in [5, 5.41) is 10.00. The number of hydrogen-bond donors (Lipinski definition) is 1. The van der Waals surface area contributed by atoms with Crippen LogP contribution in [0.4, 0.5) is 10.1 Å². The molecule has 1 aliphatic rings. The number of amidine groups is 1. The van der Waals surface area contributed by atoms with Gasteiger partial charge in [-0.3, -0.25) is 9.69 Å². The van der Waals surface area contributed by atoms with E-state index in [1.54, 1.807) is 54.6 Å². The second-order valence-electron chi connectivity index (χ2n) is 6.12. The Labute approximate surface area is 165 Å². The van der Waals surface area contributed by atoms with Gasteiger partial charge in [0, 0.05) is 11.1 Å². The molecule has 0 atom stereocenters. The van der Waals surface area contributed by atoms with Crippen molar-refractivity contribution in [3.05, 3.63) is 100 Å². The van der Waals surface area contributed by atoms with E-state index in [4.69, 9.17) is 11.6 Å². The van der Waals surface area contributed by atoms with Crippen LogP contribution < -0.4 is 4.90 Å². The van der Waals surface area contributed by atoms with E-state index >= 15 is 0 Å². The summed E-state index contributed by atoms with van der Waals surface area (Å²) in [6, 6.07) is 19.4.